The van der Waals surface area contributed by atoms with Gasteiger partial charge in [0, 0.05) is 22.7 Å². The molecule has 0 fully saturated rings. The van der Waals surface area contributed by atoms with E-state index in [4.69, 9.17) is 10.2 Å². The number of furan rings is 1. The van der Waals surface area contributed by atoms with Gasteiger partial charge in [-0.25, -0.2) is 4.98 Å². The smallest absolute Gasteiger partial charge is 0.141 e. The fraction of sp³-hybridized carbons (Fsp3) is 0. The Hall–Kier alpha value is -2.29. The van der Waals surface area contributed by atoms with E-state index < -0.39 is 0 Å². The molecule has 3 aromatic rings. The van der Waals surface area contributed by atoms with Gasteiger partial charge in [-0.05, 0) is 18.2 Å². The predicted octanol–water partition coefficient (Wildman–Crippen LogP) is 3.08. The van der Waals surface area contributed by atoms with Gasteiger partial charge in [0.05, 0.1) is 6.26 Å². The van der Waals surface area contributed by atoms with Gasteiger partial charge in [0.15, 0.2) is 0 Å². The van der Waals surface area contributed by atoms with Gasteiger partial charge in [-0.1, -0.05) is 18.2 Å². The van der Waals surface area contributed by atoms with Crippen LogP contribution >= 0.6 is 0 Å². The van der Waals surface area contributed by atoms with Crippen LogP contribution in [0.2, 0.25) is 0 Å². The second-order valence-corrected chi connectivity index (χ2v) is 3.62. The van der Waals surface area contributed by atoms with Gasteiger partial charge in [0.1, 0.15) is 11.4 Å². The van der Waals surface area contributed by atoms with Crippen LogP contribution in [-0.4, -0.2) is 4.98 Å². The van der Waals surface area contributed by atoms with Crippen molar-refractivity contribution in [3.8, 4) is 11.1 Å². The summed E-state index contributed by atoms with van der Waals surface area (Å²) in [7, 11) is 0. The normalized spacial score (nSPS) is 10.8. The molecule has 16 heavy (non-hydrogen) atoms. The molecule has 0 spiro atoms. The molecule has 0 aliphatic carbocycles. The largest absolute Gasteiger partial charge is 0.464 e. The van der Waals surface area contributed by atoms with Crippen molar-refractivity contribution in [3.63, 3.8) is 0 Å². The zero-order valence-electron chi connectivity index (χ0n) is 8.55. The van der Waals surface area contributed by atoms with Gasteiger partial charge >= 0.3 is 0 Å². The highest BCUT2D eigenvalue weighted by molar-refractivity contribution is 5.92. The van der Waals surface area contributed by atoms with Crippen LogP contribution in [0.25, 0.3) is 22.1 Å². The predicted molar refractivity (Wildman–Crippen MR) is 63.9 cm³/mol. The molecule has 0 amide bonds. The third-order valence-corrected chi connectivity index (χ3v) is 2.58. The number of pyridine rings is 1. The van der Waals surface area contributed by atoms with E-state index in [1.54, 1.807) is 18.5 Å². The van der Waals surface area contributed by atoms with Crippen LogP contribution in [0.5, 0.6) is 0 Å². The van der Waals surface area contributed by atoms with E-state index >= 15 is 0 Å². The van der Waals surface area contributed by atoms with Crippen molar-refractivity contribution < 1.29 is 4.42 Å². The highest BCUT2D eigenvalue weighted by Gasteiger charge is 2.06. The number of hydrogen-bond donors (Lipinski definition) is 1. The Balaban J connectivity index is 2.25. The topological polar surface area (TPSA) is 52.0 Å². The molecule has 3 nitrogen and oxygen atoms in total. The molecule has 0 radical (unpaired) electrons. The molecule has 2 aromatic heterocycles. The summed E-state index contributed by atoms with van der Waals surface area (Å²) in [5.41, 5.74) is 8.49. The molecular formula is C13H10N2O. The number of anilines is 1. The summed E-state index contributed by atoms with van der Waals surface area (Å²) < 4.78 is 5.47. The number of nitrogens with two attached hydrogens (primary N) is 1. The molecule has 78 valence electrons. The maximum atomic E-state index is 5.56. The van der Waals surface area contributed by atoms with Crippen LogP contribution in [0.15, 0.2) is 53.3 Å². The first-order chi connectivity index (χ1) is 7.84. The maximum absolute atomic E-state index is 5.56. The average molecular weight is 210 g/mol. The Labute approximate surface area is 92.5 Å². The Bertz CT molecular complexity index is 626. The van der Waals surface area contributed by atoms with Crippen LogP contribution in [0, 0.1) is 0 Å². The second kappa shape index (κ2) is 3.38. The van der Waals surface area contributed by atoms with Crippen molar-refractivity contribution in [2.75, 3.05) is 5.73 Å². The monoisotopic (exact) mass is 210 g/mol. The fourth-order valence-electron chi connectivity index (χ4n) is 1.78. The minimum Gasteiger partial charge on any atom is -0.464 e. The lowest BCUT2D eigenvalue weighted by molar-refractivity contribution is 0.617. The summed E-state index contributed by atoms with van der Waals surface area (Å²) in [5.74, 6) is 0.523. The molecule has 2 heterocycles. The number of aromatic nitrogens is 1. The molecular weight excluding hydrogens is 200 g/mol. The standard InChI is InChI=1S/C13H10N2O/c14-12-5-4-10(8-15-12)11-3-1-2-9-6-7-16-13(9)11/h1-8H,(H2,14,15). The highest BCUT2D eigenvalue weighted by atomic mass is 16.3. The summed E-state index contributed by atoms with van der Waals surface area (Å²) >= 11 is 0. The van der Waals surface area contributed by atoms with Crippen molar-refractivity contribution >= 4 is 16.8 Å². The second-order valence-electron chi connectivity index (χ2n) is 3.62. The molecule has 0 aliphatic rings. The summed E-state index contributed by atoms with van der Waals surface area (Å²) in [6.45, 7) is 0. The molecule has 0 saturated heterocycles. The molecule has 2 N–H and O–H groups in total. The summed E-state index contributed by atoms with van der Waals surface area (Å²) in [6.07, 6.45) is 3.45. The first-order valence-electron chi connectivity index (χ1n) is 5.03. The SMILES string of the molecule is Nc1ccc(-c2cccc3ccoc23)cn1. The number of benzene rings is 1. The van der Waals surface area contributed by atoms with E-state index in [0.717, 1.165) is 22.1 Å². The minimum atomic E-state index is 0.523. The van der Waals surface area contributed by atoms with E-state index in [-0.39, 0.29) is 0 Å². The first-order valence-corrected chi connectivity index (χ1v) is 5.03. The third-order valence-electron chi connectivity index (χ3n) is 2.58. The molecule has 0 bridgehead atoms. The van der Waals surface area contributed by atoms with E-state index in [0.29, 0.717) is 5.82 Å². The first kappa shape index (κ1) is 8.97. The van der Waals surface area contributed by atoms with Crippen LogP contribution in [0.4, 0.5) is 5.82 Å². The Morgan fingerprint density at radius 3 is 2.81 bits per heavy atom. The highest BCUT2D eigenvalue weighted by Crippen LogP contribution is 2.28. The molecule has 0 atom stereocenters. The Morgan fingerprint density at radius 1 is 1.06 bits per heavy atom. The quantitative estimate of drug-likeness (QED) is 0.671. The number of fused-ring (bicyclic) bond motifs is 1. The maximum Gasteiger partial charge on any atom is 0.141 e. The van der Waals surface area contributed by atoms with Crippen LogP contribution in [0.3, 0.4) is 0 Å². The molecule has 0 aliphatic heterocycles. The van der Waals surface area contributed by atoms with E-state index in [2.05, 4.69) is 4.98 Å². The lowest BCUT2D eigenvalue weighted by Gasteiger charge is -2.02. The number of para-hydroxylation sites is 1. The summed E-state index contributed by atoms with van der Waals surface area (Å²) in [5, 5.41) is 1.09. The van der Waals surface area contributed by atoms with Gasteiger partial charge in [-0.3, -0.25) is 0 Å². The van der Waals surface area contributed by atoms with Gasteiger partial charge < -0.3 is 10.2 Å². The minimum absolute atomic E-state index is 0.523. The summed E-state index contributed by atoms with van der Waals surface area (Å²) in [6, 6.07) is 11.7. The molecule has 0 unspecified atom stereocenters. The molecule has 3 heteroatoms. The van der Waals surface area contributed by atoms with Crippen molar-refractivity contribution in [3.05, 3.63) is 48.9 Å². The van der Waals surface area contributed by atoms with Crippen molar-refractivity contribution in [1.82, 2.24) is 4.98 Å². The lowest BCUT2D eigenvalue weighted by Crippen LogP contribution is -1.88. The van der Waals surface area contributed by atoms with E-state index in [1.165, 1.54) is 0 Å². The number of nitrogens with zero attached hydrogens (tertiary/aromatic N) is 1. The average Bonchev–Trinajstić information content (AvgIpc) is 2.78. The zero-order valence-corrected chi connectivity index (χ0v) is 8.55. The van der Waals surface area contributed by atoms with Gasteiger partial charge in [-0.2, -0.15) is 0 Å². The molecule has 3 rings (SSSR count). The number of nitrogen functional groups attached to an aromatic ring is 1. The van der Waals surface area contributed by atoms with E-state index in [9.17, 15) is 0 Å². The van der Waals surface area contributed by atoms with Gasteiger partial charge in [-0.15, -0.1) is 0 Å². The number of rotatable bonds is 1. The van der Waals surface area contributed by atoms with Crippen molar-refractivity contribution in [1.29, 1.82) is 0 Å². The molecule has 0 saturated carbocycles. The Morgan fingerprint density at radius 2 is 2.00 bits per heavy atom. The van der Waals surface area contributed by atoms with Gasteiger partial charge in [0.2, 0.25) is 0 Å². The molecule has 1 aromatic carbocycles. The van der Waals surface area contributed by atoms with Crippen LogP contribution in [0.1, 0.15) is 0 Å². The van der Waals surface area contributed by atoms with Gasteiger partial charge in [0.25, 0.3) is 0 Å². The fourth-order valence-corrected chi connectivity index (χ4v) is 1.78. The van der Waals surface area contributed by atoms with Crippen molar-refractivity contribution in [2.24, 2.45) is 0 Å². The Kier molecular flexibility index (Phi) is 1.90. The van der Waals surface area contributed by atoms with Crippen LogP contribution in [-0.2, 0) is 0 Å². The zero-order chi connectivity index (χ0) is 11.0. The van der Waals surface area contributed by atoms with Crippen molar-refractivity contribution in [2.45, 2.75) is 0 Å². The third kappa shape index (κ3) is 1.34. The van der Waals surface area contributed by atoms with Crippen LogP contribution < -0.4 is 5.73 Å². The lowest BCUT2D eigenvalue weighted by atomic mass is 10.1. The summed E-state index contributed by atoms with van der Waals surface area (Å²) in [4.78, 5) is 4.08. The number of hydrogen-bond acceptors (Lipinski definition) is 3. The van der Waals surface area contributed by atoms with E-state index in [1.807, 2.05) is 30.3 Å².